The lowest BCUT2D eigenvalue weighted by Crippen LogP contribution is -2.43. The Morgan fingerprint density at radius 2 is 2.11 bits per heavy atom. The molecule has 0 saturated carbocycles. The highest BCUT2D eigenvalue weighted by molar-refractivity contribution is 9.10. The highest BCUT2D eigenvalue weighted by Crippen LogP contribution is 2.19. The van der Waals surface area contributed by atoms with Gasteiger partial charge in [0.05, 0.1) is 11.0 Å². The van der Waals surface area contributed by atoms with E-state index in [4.69, 9.17) is 11.6 Å². The van der Waals surface area contributed by atoms with E-state index in [9.17, 15) is 9.59 Å². The van der Waals surface area contributed by atoms with Crippen LogP contribution >= 0.6 is 27.5 Å². The lowest BCUT2D eigenvalue weighted by molar-refractivity contribution is -0.128. The predicted octanol–water partition coefficient (Wildman–Crippen LogP) is 2.00. The van der Waals surface area contributed by atoms with E-state index in [1.165, 1.54) is 6.20 Å². The molecule has 2 amide bonds. The van der Waals surface area contributed by atoms with Crippen molar-refractivity contribution in [3.05, 3.63) is 27.5 Å². The normalized spacial score (nSPS) is 11.0. The lowest BCUT2D eigenvalue weighted by atomic mass is 9.92. The van der Waals surface area contributed by atoms with Crippen LogP contribution in [0.2, 0.25) is 5.15 Å². The molecule has 19 heavy (non-hydrogen) atoms. The van der Waals surface area contributed by atoms with Gasteiger partial charge < -0.3 is 10.6 Å². The zero-order valence-corrected chi connectivity index (χ0v) is 13.2. The topological polar surface area (TPSA) is 71.1 Å². The number of nitrogens with zero attached hydrogens (tertiary/aromatic N) is 1. The second kappa shape index (κ2) is 6.34. The molecule has 5 nitrogen and oxygen atoms in total. The molecule has 0 spiro atoms. The quantitative estimate of drug-likeness (QED) is 0.818. The van der Waals surface area contributed by atoms with Crippen LogP contribution in [0.3, 0.4) is 0 Å². The van der Waals surface area contributed by atoms with Gasteiger partial charge in [0.1, 0.15) is 5.15 Å². The first-order valence-electron chi connectivity index (χ1n) is 5.59. The van der Waals surface area contributed by atoms with Gasteiger partial charge in [-0.15, -0.1) is 0 Å². The average Bonchev–Trinajstić information content (AvgIpc) is 2.37. The third-order valence-electron chi connectivity index (χ3n) is 2.58. The number of carbonyl (C=O) groups is 2. The zero-order valence-electron chi connectivity index (χ0n) is 10.9. The van der Waals surface area contributed by atoms with Crippen LogP contribution in [0, 0.1) is 5.41 Å². The van der Waals surface area contributed by atoms with Crippen molar-refractivity contribution in [3.63, 3.8) is 0 Å². The number of rotatable bonds is 4. The molecular formula is C12H15BrClN3O2. The molecule has 0 atom stereocenters. The Kier molecular flexibility index (Phi) is 5.31. The van der Waals surface area contributed by atoms with E-state index >= 15 is 0 Å². The summed E-state index contributed by atoms with van der Waals surface area (Å²) < 4.78 is 0.660. The summed E-state index contributed by atoms with van der Waals surface area (Å²) >= 11 is 9.08. The Labute approximate surface area is 125 Å². The van der Waals surface area contributed by atoms with E-state index in [-0.39, 0.29) is 29.1 Å². The van der Waals surface area contributed by atoms with Gasteiger partial charge in [0.25, 0.3) is 5.91 Å². The van der Waals surface area contributed by atoms with E-state index < -0.39 is 5.41 Å². The number of aromatic nitrogens is 1. The van der Waals surface area contributed by atoms with Crippen molar-refractivity contribution in [3.8, 4) is 0 Å². The number of carbonyl (C=O) groups excluding carboxylic acids is 2. The van der Waals surface area contributed by atoms with Crippen LogP contribution in [0.4, 0.5) is 0 Å². The van der Waals surface area contributed by atoms with Crippen LogP contribution in [0.1, 0.15) is 24.2 Å². The summed E-state index contributed by atoms with van der Waals surface area (Å²) in [6.07, 6.45) is 1.51. The first-order valence-corrected chi connectivity index (χ1v) is 6.76. The van der Waals surface area contributed by atoms with Gasteiger partial charge in [0, 0.05) is 24.3 Å². The lowest BCUT2D eigenvalue weighted by Gasteiger charge is -2.22. The van der Waals surface area contributed by atoms with Crippen molar-refractivity contribution >= 4 is 39.3 Å². The van der Waals surface area contributed by atoms with Crippen molar-refractivity contribution in [2.45, 2.75) is 13.8 Å². The molecule has 0 radical (unpaired) electrons. The Hall–Kier alpha value is -1.14. The van der Waals surface area contributed by atoms with Crippen molar-refractivity contribution in [1.82, 2.24) is 15.6 Å². The Balaban J connectivity index is 2.76. The van der Waals surface area contributed by atoms with Gasteiger partial charge in [-0.2, -0.15) is 0 Å². The number of halogens is 2. The monoisotopic (exact) mass is 347 g/mol. The molecule has 0 aliphatic rings. The molecule has 7 heteroatoms. The van der Waals surface area contributed by atoms with Crippen LogP contribution in [0.25, 0.3) is 0 Å². The number of pyridine rings is 1. The highest BCUT2D eigenvalue weighted by Gasteiger charge is 2.27. The fraction of sp³-hybridized carbons (Fsp3) is 0.417. The Morgan fingerprint density at radius 1 is 1.47 bits per heavy atom. The summed E-state index contributed by atoms with van der Waals surface area (Å²) in [7, 11) is 1.56. The molecule has 1 aromatic heterocycles. The van der Waals surface area contributed by atoms with Crippen molar-refractivity contribution in [2.24, 2.45) is 5.41 Å². The van der Waals surface area contributed by atoms with Crippen molar-refractivity contribution < 1.29 is 9.59 Å². The summed E-state index contributed by atoms with van der Waals surface area (Å²) in [5.41, 5.74) is -0.431. The first kappa shape index (κ1) is 15.9. The molecule has 2 N–H and O–H groups in total. The molecule has 0 aliphatic carbocycles. The second-order valence-corrected chi connectivity index (χ2v) is 5.91. The maximum atomic E-state index is 12.0. The van der Waals surface area contributed by atoms with E-state index in [0.717, 1.165) is 0 Å². The van der Waals surface area contributed by atoms with Crippen LogP contribution in [0.15, 0.2) is 16.7 Å². The molecule has 0 fully saturated rings. The van der Waals surface area contributed by atoms with Crippen LogP contribution in [0.5, 0.6) is 0 Å². The molecule has 1 aromatic rings. The molecule has 0 saturated heterocycles. The maximum absolute atomic E-state index is 12.0. The van der Waals surface area contributed by atoms with Gasteiger partial charge in [0.2, 0.25) is 5.91 Å². The molecule has 104 valence electrons. The Morgan fingerprint density at radius 3 is 2.68 bits per heavy atom. The molecule has 0 unspecified atom stereocenters. The second-order valence-electron chi connectivity index (χ2n) is 4.64. The highest BCUT2D eigenvalue weighted by atomic mass is 79.9. The minimum absolute atomic E-state index is 0.124. The van der Waals surface area contributed by atoms with Crippen molar-refractivity contribution in [2.75, 3.05) is 13.6 Å². The third-order valence-corrected chi connectivity index (χ3v) is 3.32. The van der Waals surface area contributed by atoms with Crippen LogP contribution in [-0.2, 0) is 4.79 Å². The summed E-state index contributed by atoms with van der Waals surface area (Å²) in [5, 5.41) is 5.35. The standard InChI is InChI=1S/C12H15BrClN3O2/c1-12(2,11(19)15-3)6-17-10(18)8-4-7(13)5-16-9(8)14/h4-5H,6H2,1-3H3,(H,15,19)(H,17,18). The third kappa shape index (κ3) is 4.18. The molecule has 0 bridgehead atoms. The smallest absolute Gasteiger partial charge is 0.254 e. The van der Waals surface area contributed by atoms with Crippen LogP contribution in [-0.4, -0.2) is 30.4 Å². The van der Waals surface area contributed by atoms with Crippen molar-refractivity contribution in [1.29, 1.82) is 0 Å². The summed E-state index contributed by atoms with van der Waals surface area (Å²) in [4.78, 5) is 27.5. The summed E-state index contributed by atoms with van der Waals surface area (Å²) in [6, 6.07) is 1.58. The first-order chi connectivity index (χ1) is 8.77. The molecule has 0 aromatic carbocycles. The summed E-state index contributed by atoms with van der Waals surface area (Å²) in [6.45, 7) is 3.69. The van der Waals surface area contributed by atoms with E-state index in [1.807, 2.05) is 0 Å². The largest absolute Gasteiger partial charge is 0.359 e. The SMILES string of the molecule is CNC(=O)C(C)(C)CNC(=O)c1cc(Br)cnc1Cl. The summed E-state index contributed by atoms with van der Waals surface area (Å²) in [5.74, 6) is -0.512. The average molecular weight is 349 g/mol. The van der Waals surface area contributed by atoms with Gasteiger partial charge in [-0.3, -0.25) is 9.59 Å². The molecule has 0 aliphatic heterocycles. The van der Waals surface area contributed by atoms with Gasteiger partial charge >= 0.3 is 0 Å². The minimum atomic E-state index is -0.698. The number of amides is 2. The molecule has 1 heterocycles. The van der Waals surface area contributed by atoms with Gasteiger partial charge in [-0.1, -0.05) is 11.6 Å². The number of nitrogens with one attached hydrogen (secondary N) is 2. The predicted molar refractivity (Wildman–Crippen MR) is 77.1 cm³/mol. The van der Waals surface area contributed by atoms with Crippen LogP contribution < -0.4 is 10.6 Å². The number of hydrogen-bond donors (Lipinski definition) is 2. The van der Waals surface area contributed by atoms with E-state index in [2.05, 4.69) is 31.5 Å². The Bertz CT molecular complexity index is 506. The molecular weight excluding hydrogens is 334 g/mol. The van der Waals surface area contributed by atoms with E-state index in [1.54, 1.807) is 27.0 Å². The fourth-order valence-electron chi connectivity index (χ4n) is 1.40. The fourth-order valence-corrected chi connectivity index (χ4v) is 1.92. The van der Waals surface area contributed by atoms with Gasteiger partial charge in [0.15, 0.2) is 0 Å². The molecule has 1 rings (SSSR count). The van der Waals surface area contributed by atoms with Gasteiger partial charge in [-0.25, -0.2) is 4.98 Å². The maximum Gasteiger partial charge on any atom is 0.254 e. The van der Waals surface area contributed by atoms with Gasteiger partial charge in [-0.05, 0) is 35.8 Å². The van der Waals surface area contributed by atoms with E-state index in [0.29, 0.717) is 4.47 Å². The minimum Gasteiger partial charge on any atom is -0.359 e. The number of hydrogen-bond acceptors (Lipinski definition) is 3. The zero-order chi connectivity index (χ0) is 14.6.